The Bertz CT molecular complexity index is 445. The maximum Gasteiger partial charge on any atom is 0.296 e. The first-order valence-electron chi connectivity index (χ1n) is 3.41. The number of hydrogen-bond acceptors (Lipinski definition) is 3. The fraction of sp³-hybridized carbons (Fsp3) is 0.143. The van der Waals surface area contributed by atoms with Crippen molar-refractivity contribution in [3.8, 4) is 0 Å². The lowest BCUT2D eigenvalue weighted by atomic mass is 10.2. The van der Waals surface area contributed by atoms with Gasteiger partial charge < -0.3 is 5.11 Å². The van der Waals surface area contributed by atoms with E-state index in [9.17, 15) is 12.8 Å². The van der Waals surface area contributed by atoms with Gasteiger partial charge in [-0.05, 0) is 12.1 Å². The van der Waals surface area contributed by atoms with Crippen molar-refractivity contribution < 1.29 is 22.5 Å². The largest absolute Gasteiger partial charge is 0.371 e. The molecule has 1 aromatic carbocycles. The van der Waals surface area contributed by atoms with E-state index < -0.39 is 21.4 Å². The normalized spacial score (nSPS) is 14.0. The van der Waals surface area contributed by atoms with E-state index in [1.54, 1.807) is 0 Å². The van der Waals surface area contributed by atoms with Crippen LogP contribution in [0.25, 0.3) is 0 Å². The van der Waals surface area contributed by atoms with Crippen LogP contribution in [0.2, 0.25) is 5.02 Å². The molecule has 1 rings (SSSR count). The summed E-state index contributed by atoms with van der Waals surface area (Å²) in [6.45, 7) is 0. The van der Waals surface area contributed by atoms with Gasteiger partial charge in [-0.3, -0.25) is 4.55 Å². The minimum Gasteiger partial charge on any atom is -0.371 e. The molecule has 0 spiro atoms. The maximum absolute atomic E-state index is 12.5. The lowest BCUT2D eigenvalue weighted by molar-refractivity contribution is 0.238. The fourth-order valence-electron chi connectivity index (χ4n) is 0.862. The van der Waals surface area contributed by atoms with Crippen LogP contribution in [0.5, 0.6) is 0 Å². The van der Waals surface area contributed by atoms with E-state index in [0.29, 0.717) is 0 Å². The zero-order valence-corrected chi connectivity index (χ0v) is 8.26. The number of benzene rings is 1. The van der Waals surface area contributed by atoms with Crippen LogP contribution in [0, 0.1) is 5.82 Å². The SMILES string of the molecule is O=S(=O)(O)C(O)c1ccc(F)cc1Cl. The Morgan fingerprint density at radius 1 is 1.43 bits per heavy atom. The molecule has 0 fully saturated rings. The Kier molecular flexibility index (Phi) is 3.10. The van der Waals surface area contributed by atoms with Crippen LogP contribution in [-0.4, -0.2) is 18.1 Å². The molecule has 14 heavy (non-hydrogen) atoms. The summed E-state index contributed by atoms with van der Waals surface area (Å²) < 4.78 is 42.1. The van der Waals surface area contributed by atoms with E-state index in [1.807, 2.05) is 0 Å². The van der Waals surface area contributed by atoms with E-state index >= 15 is 0 Å². The van der Waals surface area contributed by atoms with Crippen LogP contribution in [0.15, 0.2) is 18.2 Å². The molecule has 0 aliphatic carbocycles. The summed E-state index contributed by atoms with van der Waals surface area (Å²) in [7, 11) is -4.64. The molecule has 0 bridgehead atoms. The Morgan fingerprint density at radius 2 is 2.00 bits per heavy atom. The molecule has 1 unspecified atom stereocenters. The number of aliphatic hydroxyl groups excluding tert-OH is 1. The summed E-state index contributed by atoms with van der Waals surface area (Å²) in [5.41, 5.74) is -2.42. The molecule has 4 nitrogen and oxygen atoms in total. The highest BCUT2D eigenvalue weighted by Gasteiger charge is 2.24. The van der Waals surface area contributed by atoms with Gasteiger partial charge in [0.15, 0.2) is 0 Å². The first kappa shape index (κ1) is 11.4. The Hall–Kier alpha value is -0.690. The van der Waals surface area contributed by atoms with Crippen LogP contribution in [-0.2, 0) is 10.1 Å². The minimum absolute atomic E-state index is 0.268. The van der Waals surface area contributed by atoms with Gasteiger partial charge in [0, 0.05) is 5.56 Å². The molecule has 0 aliphatic heterocycles. The molecular formula is C7H6ClFO4S. The topological polar surface area (TPSA) is 74.6 Å². The van der Waals surface area contributed by atoms with Crippen molar-refractivity contribution >= 4 is 21.7 Å². The number of halogens is 2. The van der Waals surface area contributed by atoms with Crippen molar-refractivity contribution in [1.82, 2.24) is 0 Å². The minimum atomic E-state index is -4.64. The van der Waals surface area contributed by atoms with Gasteiger partial charge in [-0.25, -0.2) is 4.39 Å². The molecule has 0 heterocycles. The van der Waals surface area contributed by atoms with Gasteiger partial charge in [-0.15, -0.1) is 0 Å². The van der Waals surface area contributed by atoms with E-state index in [2.05, 4.69) is 0 Å². The van der Waals surface area contributed by atoms with Crippen LogP contribution in [0.1, 0.15) is 11.0 Å². The molecule has 0 saturated heterocycles. The standard InChI is InChI=1S/C7H6ClFO4S/c8-6-3-4(9)1-2-5(6)7(10)14(11,12)13/h1-3,7,10H,(H,11,12,13). The number of hydrogen-bond donors (Lipinski definition) is 2. The van der Waals surface area contributed by atoms with E-state index in [1.165, 1.54) is 0 Å². The van der Waals surface area contributed by atoms with Crippen molar-refractivity contribution in [1.29, 1.82) is 0 Å². The molecule has 1 atom stereocenters. The third-order valence-electron chi connectivity index (χ3n) is 1.51. The summed E-state index contributed by atoms with van der Waals surface area (Å²) in [5.74, 6) is -0.665. The highest BCUT2D eigenvalue weighted by atomic mass is 35.5. The summed E-state index contributed by atoms with van der Waals surface area (Å²) in [5, 5.41) is 8.82. The van der Waals surface area contributed by atoms with Gasteiger partial charge in [-0.2, -0.15) is 8.42 Å². The van der Waals surface area contributed by atoms with E-state index in [0.717, 1.165) is 18.2 Å². The second-order valence-electron chi connectivity index (χ2n) is 2.53. The second kappa shape index (κ2) is 3.82. The maximum atomic E-state index is 12.5. The molecule has 0 amide bonds. The molecule has 0 saturated carbocycles. The predicted octanol–water partition coefficient (Wildman–Crippen LogP) is 1.36. The zero-order valence-electron chi connectivity index (χ0n) is 6.68. The third kappa shape index (κ3) is 2.42. The number of aliphatic hydroxyl groups is 1. The first-order valence-corrected chi connectivity index (χ1v) is 5.30. The summed E-state index contributed by atoms with van der Waals surface area (Å²) in [6, 6.07) is 2.75. The molecule has 0 aliphatic rings. The Morgan fingerprint density at radius 3 is 2.43 bits per heavy atom. The first-order chi connectivity index (χ1) is 6.32. The summed E-state index contributed by atoms with van der Waals surface area (Å²) in [4.78, 5) is 0. The molecule has 0 aromatic heterocycles. The van der Waals surface area contributed by atoms with Crippen molar-refractivity contribution in [2.75, 3.05) is 0 Å². The average Bonchev–Trinajstić information content (AvgIpc) is 2.01. The van der Waals surface area contributed by atoms with Crippen molar-refractivity contribution in [3.05, 3.63) is 34.6 Å². The molecular weight excluding hydrogens is 235 g/mol. The van der Waals surface area contributed by atoms with Gasteiger partial charge in [-0.1, -0.05) is 17.7 Å². The molecule has 7 heteroatoms. The third-order valence-corrected chi connectivity index (χ3v) is 2.66. The highest BCUT2D eigenvalue weighted by Crippen LogP contribution is 2.26. The van der Waals surface area contributed by atoms with Crippen molar-refractivity contribution in [2.45, 2.75) is 5.44 Å². The van der Waals surface area contributed by atoms with Crippen LogP contribution >= 0.6 is 11.6 Å². The second-order valence-corrected chi connectivity index (χ2v) is 4.42. The molecule has 78 valence electrons. The van der Waals surface area contributed by atoms with Gasteiger partial charge >= 0.3 is 0 Å². The van der Waals surface area contributed by atoms with E-state index in [-0.39, 0.29) is 10.6 Å². The quantitative estimate of drug-likeness (QED) is 0.766. The fourth-order valence-corrected chi connectivity index (χ4v) is 1.72. The molecule has 2 N–H and O–H groups in total. The van der Waals surface area contributed by atoms with Gasteiger partial charge in [0.2, 0.25) is 5.44 Å². The van der Waals surface area contributed by atoms with Crippen LogP contribution in [0.4, 0.5) is 4.39 Å². The highest BCUT2D eigenvalue weighted by molar-refractivity contribution is 7.85. The van der Waals surface area contributed by atoms with Gasteiger partial charge in [0.25, 0.3) is 10.1 Å². The Balaban J connectivity index is 3.21. The van der Waals surface area contributed by atoms with Crippen LogP contribution < -0.4 is 0 Å². The van der Waals surface area contributed by atoms with Crippen molar-refractivity contribution in [3.63, 3.8) is 0 Å². The van der Waals surface area contributed by atoms with Gasteiger partial charge in [0.1, 0.15) is 5.82 Å². The Labute approximate surface area is 84.7 Å². The lowest BCUT2D eigenvalue weighted by Crippen LogP contribution is -2.11. The number of rotatable bonds is 2. The molecule has 1 aromatic rings. The predicted molar refractivity (Wildman–Crippen MR) is 47.9 cm³/mol. The van der Waals surface area contributed by atoms with Crippen LogP contribution in [0.3, 0.4) is 0 Å². The van der Waals surface area contributed by atoms with Crippen molar-refractivity contribution in [2.24, 2.45) is 0 Å². The zero-order chi connectivity index (χ0) is 10.9. The summed E-state index contributed by atoms with van der Waals surface area (Å²) >= 11 is 5.45. The monoisotopic (exact) mass is 240 g/mol. The average molecular weight is 241 g/mol. The van der Waals surface area contributed by atoms with E-state index in [4.69, 9.17) is 21.3 Å². The smallest absolute Gasteiger partial charge is 0.296 e. The molecule has 0 radical (unpaired) electrons. The van der Waals surface area contributed by atoms with Gasteiger partial charge in [0.05, 0.1) is 5.02 Å². The summed E-state index contributed by atoms with van der Waals surface area (Å²) in [6.07, 6.45) is 0. The lowest BCUT2D eigenvalue weighted by Gasteiger charge is -2.08.